The minimum absolute atomic E-state index is 0.305. The molecule has 130 valence electrons. The van der Waals surface area contributed by atoms with Crippen molar-refractivity contribution in [1.82, 2.24) is 9.97 Å². The molecule has 0 aliphatic carbocycles. The van der Waals surface area contributed by atoms with Crippen molar-refractivity contribution in [3.63, 3.8) is 0 Å². The minimum atomic E-state index is -0.347. The fraction of sp³-hybridized carbons (Fsp3) is 0.0952. The van der Waals surface area contributed by atoms with Crippen LogP contribution in [0.2, 0.25) is 5.02 Å². The molecule has 2 aromatic heterocycles. The maximum absolute atomic E-state index is 14.4. The van der Waals surface area contributed by atoms with Gasteiger partial charge in [0, 0.05) is 29.8 Å². The van der Waals surface area contributed by atoms with Crippen molar-refractivity contribution in [3.05, 3.63) is 94.5 Å². The summed E-state index contributed by atoms with van der Waals surface area (Å²) >= 11 is 6.46. The number of nitrogens with zero attached hydrogens (tertiary/aromatic N) is 1. The Morgan fingerprint density at radius 1 is 1.04 bits per heavy atom. The van der Waals surface area contributed by atoms with Gasteiger partial charge in [-0.3, -0.25) is 0 Å². The summed E-state index contributed by atoms with van der Waals surface area (Å²) in [6, 6.07) is 16.6. The first-order chi connectivity index (χ1) is 12.7. The van der Waals surface area contributed by atoms with Crippen LogP contribution in [0.1, 0.15) is 16.7 Å². The van der Waals surface area contributed by atoms with Gasteiger partial charge >= 0.3 is 0 Å². The van der Waals surface area contributed by atoms with Crippen molar-refractivity contribution >= 4 is 22.6 Å². The fourth-order valence-corrected chi connectivity index (χ4v) is 3.21. The van der Waals surface area contributed by atoms with E-state index >= 15 is 0 Å². The van der Waals surface area contributed by atoms with Gasteiger partial charge in [-0.25, -0.2) is 9.37 Å². The van der Waals surface area contributed by atoms with Crippen molar-refractivity contribution in [2.75, 3.05) is 0 Å². The zero-order chi connectivity index (χ0) is 17.9. The van der Waals surface area contributed by atoms with Gasteiger partial charge in [-0.15, -0.1) is 0 Å². The van der Waals surface area contributed by atoms with Gasteiger partial charge in [0.2, 0.25) is 0 Å². The highest BCUT2D eigenvalue weighted by Crippen LogP contribution is 2.33. The number of halogens is 2. The number of benzene rings is 2. The Hall–Kier alpha value is -2.85. The number of aromatic nitrogens is 2. The topological polar surface area (TPSA) is 37.9 Å². The maximum Gasteiger partial charge on any atom is 0.138 e. The molecule has 0 bridgehead atoms. The first-order valence-corrected chi connectivity index (χ1v) is 8.65. The van der Waals surface area contributed by atoms with E-state index in [1.165, 1.54) is 6.07 Å². The van der Waals surface area contributed by atoms with Gasteiger partial charge in [0.25, 0.3) is 0 Å². The Morgan fingerprint density at radius 2 is 1.88 bits per heavy atom. The van der Waals surface area contributed by atoms with Crippen LogP contribution in [0, 0.1) is 5.82 Å². The van der Waals surface area contributed by atoms with E-state index < -0.39 is 0 Å². The second-order valence-corrected chi connectivity index (χ2v) is 6.38. The molecule has 0 saturated carbocycles. The number of aromatic amines is 1. The molecular weight excluding hydrogens is 351 g/mol. The van der Waals surface area contributed by atoms with Crippen molar-refractivity contribution in [2.24, 2.45) is 0 Å². The average molecular weight is 367 g/mol. The van der Waals surface area contributed by atoms with Crippen molar-refractivity contribution in [2.45, 2.75) is 13.0 Å². The van der Waals surface area contributed by atoms with Gasteiger partial charge < -0.3 is 9.72 Å². The number of fused-ring (bicyclic) bond motifs is 1. The Morgan fingerprint density at radius 3 is 2.73 bits per heavy atom. The molecule has 0 atom stereocenters. The summed E-state index contributed by atoms with van der Waals surface area (Å²) in [7, 11) is 0. The highest BCUT2D eigenvalue weighted by atomic mass is 35.5. The highest BCUT2D eigenvalue weighted by molar-refractivity contribution is 6.32. The van der Waals surface area contributed by atoms with Crippen molar-refractivity contribution < 1.29 is 9.13 Å². The highest BCUT2D eigenvalue weighted by Gasteiger charge is 2.16. The molecule has 0 spiro atoms. The number of hydrogen-bond acceptors (Lipinski definition) is 2. The van der Waals surface area contributed by atoms with Gasteiger partial charge in [-0.1, -0.05) is 41.9 Å². The molecule has 0 saturated heterocycles. The van der Waals surface area contributed by atoms with Crippen LogP contribution in [0.15, 0.2) is 67.0 Å². The predicted octanol–water partition coefficient (Wildman–Crippen LogP) is 5.53. The molecule has 0 fully saturated rings. The van der Waals surface area contributed by atoms with E-state index in [1.807, 2.05) is 48.7 Å². The largest absolute Gasteiger partial charge is 0.487 e. The van der Waals surface area contributed by atoms with Crippen LogP contribution >= 0.6 is 11.6 Å². The lowest BCUT2D eigenvalue weighted by Crippen LogP contribution is -2.00. The molecular formula is C21H16ClFN2O. The van der Waals surface area contributed by atoms with Gasteiger partial charge in [0.05, 0.1) is 5.02 Å². The SMILES string of the molecule is Fc1ccc(OCc2ccccc2)c(Cl)c1Cc1c[nH]c2ncccc12. The lowest BCUT2D eigenvalue weighted by atomic mass is 10.0. The Balaban J connectivity index is 1.62. The van der Waals surface area contributed by atoms with Crippen molar-refractivity contribution in [1.29, 1.82) is 0 Å². The summed E-state index contributed by atoms with van der Waals surface area (Å²) in [6.45, 7) is 0.378. The Bertz CT molecular complexity index is 1050. The van der Waals surface area contributed by atoms with E-state index in [0.717, 1.165) is 22.2 Å². The third-order valence-corrected chi connectivity index (χ3v) is 4.71. The van der Waals surface area contributed by atoms with E-state index in [4.69, 9.17) is 16.3 Å². The summed E-state index contributed by atoms with van der Waals surface area (Å²) in [5.41, 5.74) is 3.16. The van der Waals surface area contributed by atoms with Gasteiger partial charge in [-0.2, -0.15) is 0 Å². The van der Waals surface area contributed by atoms with E-state index in [9.17, 15) is 4.39 Å². The normalized spacial score (nSPS) is 11.0. The van der Waals surface area contributed by atoms with Crippen molar-refractivity contribution in [3.8, 4) is 5.75 Å². The van der Waals surface area contributed by atoms with E-state index in [1.54, 1.807) is 12.3 Å². The standard InChI is InChI=1S/C21H16ClFN2O/c22-20-17(11-15-12-25-21-16(15)7-4-10-24-21)18(23)8-9-19(20)26-13-14-5-2-1-3-6-14/h1-10,12H,11,13H2,(H,24,25). The molecule has 4 aromatic rings. The number of pyridine rings is 1. The smallest absolute Gasteiger partial charge is 0.138 e. The molecule has 0 radical (unpaired) electrons. The zero-order valence-electron chi connectivity index (χ0n) is 13.9. The molecule has 3 nitrogen and oxygen atoms in total. The van der Waals surface area contributed by atoms with Gasteiger partial charge in [0.15, 0.2) is 0 Å². The summed E-state index contributed by atoms with van der Waals surface area (Å²) < 4.78 is 20.2. The third-order valence-electron chi connectivity index (χ3n) is 4.29. The van der Waals surface area contributed by atoms with E-state index in [0.29, 0.717) is 29.4 Å². The van der Waals surface area contributed by atoms with Crippen LogP contribution < -0.4 is 4.74 Å². The van der Waals surface area contributed by atoms with Crippen LogP contribution in [0.5, 0.6) is 5.75 Å². The second-order valence-electron chi connectivity index (χ2n) is 6.00. The van der Waals surface area contributed by atoms with Gasteiger partial charge in [-0.05, 0) is 35.4 Å². The summed E-state index contributed by atoms with van der Waals surface area (Å²) in [5, 5.41) is 1.26. The Kier molecular flexibility index (Phi) is 4.59. The molecule has 0 aliphatic rings. The lowest BCUT2D eigenvalue weighted by Gasteiger charge is -2.12. The molecule has 1 N–H and O–H groups in total. The van der Waals surface area contributed by atoms with Crippen LogP contribution in [0.4, 0.5) is 4.39 Å². The third kappa shape index (κ3) is 3.28. The predicted molar refractivity (Wildman–Crippen MR) is 101 cm³/mol. The van der Waals surface area contributed by atoms with E-state index in [2.05, 4.69) is 9.97 Å². The summed E-state index contributed by atoms with van der Waals surface area (Å²) in [4.78, 5) is 7.36. The average Bonchev–Trinajstić information content (AvgIpc) is 3.08. The van der Waals surface area contributed by atoms with E-state index in [-0.39, 0.29) is 5.82 Å². The van der Waals surface area contributed by atoms with Crippen LogP contribution in [0.25, 0.3) is 11.0 Å². The second kappa shape index (κ2) is 7.18. The molecule has 5 heteroatoms. The zero-order valence-corrected chi connectivity index (χ0v) is 14.6. The number of rotatable bonds is 5. The van der Waals surface area contributed by atoms with Crippen LogP contribution in [-0.4, -0.2) is 9.97 Å². The molecule has 26 heavy (non-hydrogen) atoms. The molecule has 0 unspecified atom stereocenters. The fourth-order valence-electron chi connectivity index (χ4n) is 2.93. The quantitative estimate of drug-likeness (QED) is 0.504. The molecule has 0 aliphatic heterocycles. The monoisotopic (exact) mass is 366 g/mol. The van der Waals surface area contributed by atoms with Crippen LogP contribution in [-0.2, 0) is 13.0 Å². The molecule has 2 aromatic carbocycles. The number of H-pyrrole nitrogens is 1. The summed E-state index contributed by atoms with van der Waals surface area (Å²) in [5.74, 6) is 0.130. The summed E-state index contributed by atoms with van der Waals surface area (Å²) in [6.07, 6.45) is 3.91. The lowest BCUT2D eigenvalue weighted by molar-refractivity contribution is 0.305. The molecule has 2 heterocycles. The first kappa shape index (κ1) is 16.6. The first-order valence-electron chi connectivity index (χ1n) is 8.27. The molecule has 4 rings (SSSR count). The number of hydrogen-bond donors (Lipinski definition) is 1. The molecule has 0 amide bonds. The maximum atomic E-state index is 14.4. The van der Waals surface area contributed by atoms with Crippen LogP contribution in [0.3, 0.4) is 0 Å². The number of ether oxygens (including phenoxy) is 1. The number of nitrogens with one attached hydrogen (secondary N) is 1. The van der Waals surface area contributed by atoms with Gasteiger partial charge in [0.1, 0.15) is 23.8 Å². The Labute approximate surface area is 155 Å². The minimum Gasteiger partial charge on any atom is -0.487 e.